The van der Waals surface area contributed by atoms with Crippen LogP contribution >= 0.6 is 0 Å². The zero-order valence-corrected chi connectivity index (χ0v) is 13.8. The van der Waals surface area contributed by atoms with Gasteiger partial charge < -0.3 is 24.1 Å². The zero-order chi connectivity index (χ0) is 18.6. The molecule has 25 heavy (non-hydrogen) atoms. The van der Waals surface area contributed by atoms with Gasteiger partial charge in [-0.15, -0.1) is 0 Å². The Morgan fingerprint density at radius 1 is 1.32 bits per heavy atom. The molecule has 0 saturated carbocycles. The maximum absolute atomic E-state index is 12.5. The van der Waals surface area contributed by atoms with Crippen molar-refractivity contribution in [2.75, 3.05) is 19.8 Å². The number of carboxylic acids is 1. The summed E-state index contributed by atoms with van der Waals surface area (Å²) in [6.45, 7) is 8.04. The smallest absolute Gasteiger partial charge is 0.333 e. The summed E-state index contributed by atoms with van der Waals surface area (Å²) < 4.78 is 20.7. The SMILES string of the molecule is C=COCCOC(=O)C1C(C(=O)O)C2C=CC1(COC(=O)C(=C)C)O2. The summed E-state index contributed by atoms with van der Waals surface area (Å²) in [6, 6.07) is 0. The molecule has 2 aliphatic rings. The highest BCUT2D eigenvalue weighted by Gasteiger charge is 2.63. The van der Waals surface area contributed by atoms with Gasteiger partial charge in [0.1, 0.15) is 37.3 Å². The van der Waals surface area contributed by atoms with Gasteiger partial charge in [0.15, 0.2) is 0 Å². The number of rotatable bonds is 9. The van der Waals surface area contributed by atoms with E-state index < -0.39 is 41.4 Å². The lowest BCUT2D eigenvalue weighted by Gasteiger charge is -2.30. The van der Waals surface area contributed by atoms with Crippen LogP contribution in [0.4, 0.5) is 0 Å². The van der Waals surface area contributed by atoms with Gasteiger partial charge in [0.2, 0.25) is 0 Å². The van der Waals surface area contributed by atoms with E-state index in [1.807, 2.05) is 0 Å². The molecule has 2 heterocycles. The molecule has 2 bridgehead atoms. The van der Waals surface area contributed by atoms with Crippen molar-refractivity contribution in [3.63, 3.8) is 0 Å². The van der Waals surface area contributed by atoms with Crippen LogP contribution in [0.15, 0.2) is 37.1 Å². The van der Waals surface area contributed by atoms with E-state index in [2.05, 4.69) is 13.2 Å². The first kappa shape index (κ1) is 18.7. The number of ether oxygens (including phenoxy) is 4. The summed E-state index contributed by atoms with van der Waals surface area (Å²) in [4.78, 5) is 35.7. The Morgan fingerprint density at radius 2 is 2.04 bits per heavy atom. The molecule has 1 fully saturated rings. The Kier molecular flexibility index (Phi) is 5.63. The van der Waals surface area contributed by atoms with Gasteiger partial charge in [-0.1, -0.05) is 19.2 Å². The quantitative estimate of drug-likeness (QED) is 0.214. The Bertz CT molecular complexity index is 622. The molecular weight excluding hydrogens is 332 g/mol. The third kappa shape index (κ3) is 3.74. The van der Waals surface area contributed by atoms with Crippen LogP contribution in [0.25, 0.3) is 0 Å². The first-order valence-corrected chi connectivity index (χ1v) is 7.64. The van der Waals surface area contributed by atoms with Crippen molar-refractivity contribution in [3.8, 4) is 0 Å². The number of hydrogen-bond acceptors (Lipinski definition) is 7. The van der Waals surface area contributed by atoms with E-state index in [1.165, 1.54) is 13.2 Å². The van der Waals surface area contributed by atoms with E-state index in [-0.39, 0.29) is 25.4 Å². The van der Waals surface area contributed by atoms with Gasteiger partial charge in [-0.05, 0) is 13.0 Å². The Morgan fingerprint density at radius 3 is 2.64 bits per heavy atom. The van der Waals surface area contributed by atoms with Crippen LogP contribution in [-0.2, 0) is 33.3 Å². The zero-order valence-electron chi connectivity index (χ0n) is 13.8. The van der Waals surface area contributed by atoms with Crippen LogP contribution in [0.5, 0.6) is 0 Å². The maximum Gasteiger partial charge on any atom is 0.333 e. The monoisotopic (exact) mass is 352 g/mol. The summed E-state index contributed by atoms with van der Waals surface area (Å²) in [5.41, 5.74) is -1.18. The number of aliphatic carboxylic acids is 1. The second kappa shape index (κ2) is 7.52. The first-order valence-electron chi connectivity index (χ1n) is 7.64. The average Bonchev–Trinajstić information content (AvgIpc) is 3.12. The number of fused-ring (bicyclic) bond motifs is 2. The second-order valence-electron chi connectivity index (χ2n) is 5.80. The minimum Gasteiger partial charge on any atom is -0.498 e. The predicted molar refractivity (Wildman–Crippen MR) is 84.2 cm³/mol. The summed E-state index contributed by atoms with van der Waals surface area (Å²) in [7, 11) is 0. The Balaban J connectivity index is 2.15. The van der Waals surface area contributed by atoms with Crippen LogP contribution in [-0.4, -0.2) is 54.5 Å². The molecule has 0 spiro atoms. The molecule has 8 heteroatoms. The number of carbonyl (C=O) groups is 3. The molecule has 0 aromatic rings. The predicted octanol–water partition coefficient (Wildman–Crippen LogP) is 0.833. The lowest BCUT2D eigenvalue weighted by molar-refractivity contribution is -0.163. The highest BCUT2D eigenvalue weighted by Crippen LogP contribution is 2.48. The molecule has 4 unspecified atom stereocenters. The summed E-state index contributed by atoms with van der Waals surface area (Å²) >= 11 is 0. The van der Waals surface area contributed by atoms with Crippen molar-refractivity contribution in [1.29, 1.82) is 0 Å². The van der Waals surface area contributed by atoms with E-state index in [1.54, 1.807) is 12.2 Å². The molecule has 8 nitrogen and oxygen atoms in total. The van der Waals surface area contributed by atoms with E-state index >= 15 is 0 Å². The second-order valence-corrected chi connectivity index (χ2v) is 5.80. The van der Waals surface area contributed by atoms with Crippen molar-refractivity contribution in [2.45, 2.75) is 18.6 Å². The average molecular weight is 352 g/mol. The number of esters is 2. The molecule has 4 atom stereocenters. The van der Waals surface area contributed by atoms with Gasteiger partial charge in [-0.2, -0.15) is 0 Å². The molecule has 0 aromatic heterocycles. The molecule has 1 N–H and O–H groups in total. The van der Waals surface area contributed by atoms with E-state index in [0.717, 1.165) is 0 Å². The summed E-state index contributed by atoms with van der Waals surface area (Å²) in [5.74, 6) is -4.85. The fourth-order valence-corrected chi connectivity index (χ4v) is 2.92. The molecule has 2 aliphatic heterocycles. The van der Waals surface area contributed by atoms with Crippen LogP contribution in [0.2, 0.25) is 0 Å². The van der Waals surface area contributed by atoms with Crippen LogP contribution < -0.4 is 0 Å². The minimum absolute atomic E-state index is 0.0658. The highest BCUT2D eigenvalue weighted by molar-refractivity contribution is 5.87. The third-order valence-corrected chi connectivity index (χ3v) is 4.04. The topological polar surface area (TPSA) is 108 Å². The van der Waals surface area contributed by atoms with Crippen molar-refractivity contribution in [1.82, 2.24) is 0 Å². The van der Waals surface area contributed by atoms with Crippen molar-refractivity contribution in [3.05, 3.63) is 37.1 Å². The highest BCUT2D eigenvalue weighted by atomic mass is 16.6. The largest absolute Gasteiger partial charge is 0.498 e. The third-order valence-electron chi connectivity index (χ3n) is 4.04. The van der Waals surface area contributed by atoms with Crippen molar-refractivity contribution >= 4 is 17.9 Å². The number of carbonyl (C=O) groups excluding carboxylic acids is 2. The maximum atomic E-state index is 12.5. The Hall–Kier alpha value is -2.61. The van der Waals surface area contributed by atoms with Gasteiger partial charge in [0, 0.05) is 5.57 Å². The lowest BCUT2D eigenvalue weighted by Crippen LogP contribution is -2.47. The van der Waals surface area contributed by atoms with Crippen molar-refractivity contribution in [2.24, 2.45) is 11.8 Å². The van der Waals surface area contributed by atoms with Crippen LogP contribution in [0, 0.1) is 11.8 Å². The fraction of sp³-hybridized carbons (Fsp3) is 0.471. The van der Waals surface area contributed by atoms with Crippen molar-refractivity contribution < 1.29 is 38.4 Å². The molecule has 0 amide bonds. The normalized spacial score (nSPS) is 29.1. The molecule has 136 valence electrons. The summed E-state index contributed by atoms with van der Waals surface area (Å²) in [5, 5.41) is 9.46. The van der Waals surface area contributed by atoms with Crippen LogP contribution in [0.3, 0.4) is 0 Å². The molecular formula is C17H20O8. The molecule has 0 aromatic carbocycles. The van der Waals surface area contributed by atoms with Gasteiger partial charge >= 0.3 is 17.9 Å². The van der Waals surface area contributed by atoms with Gasteiger partial charge in [0.05, 0.1) is 12.4 Å². The van der Waals surface area contributed by atoms with E-state index in [4.69, 9.17) is 18.9 Å². The minimum atomic E-state index is -1.37. The molecule has 0 radical (unpaired) electrons. The fourth-order valence-electron chi connectivity index (χ4n) is 2.92. The van der Waals surface area contributed by atoms with Crippen LogP contribution in [0.1, 0.15) is 6.92 Å². The Labute approximate surface area is 144 Å². The number of hydrogen-bond donors (Lipinski definition) is 1. The molecule has 0 aliphatic carbocycles. The van der Waals surface area contributed by atoms with Gasteiger partial charge in [0.25, 0.3) is 0 Å². The van der Waals surface area contributed by atoms with Gasteiger partial charge in [-0.25, -0.2) is 4.79 Å². The first-order chi connectivity index (χ1) is 11.8. The number of carboxylic acid groups (broad SMARTS) is 1. The summed E-state index contributed by atoms with van der Waals surface area (Å²) in [6.07, 6.45) is 3.52. The van der Waals surface area contributed by atoms with E-state index in [9.17, 15) is 19.5 Å². The van der Waals surface area contributed by atoms with Gasteiger partial charge in [-0.3, -0.25) is 9.59 Å². The molecule has 1 saturated heterocycles. The standard InChI is InChI=1S/C17H20O8/c1-4-22-7-8-23-16(21)13-12(14(18)19)11-5-6-17(13,25-11)9-24-15(20)10(2)3/h4-6,11-13H,1-2,7-9H2,3H3,(H,18,19). The lowest BCUT2D eigenvalue weighted by atomic mass is 9.75. The molecule has 2 rings (SSSR count). The van der Waals surface area contributed by atoms with E-state index in [0.29, 0.717) is 0 Å².